The highest BCUT2D eigenvalue weighted by Gasteiger charge is 2.11. The van der Waals surface area contributed by atoms with E-state index in [1.165, 1.54) is 11.1 Å². The van der Waals surface area contributed by atoms with E-state index in [0.717, 1.165) is 16.9 Å². The summed E-state index contributed by atoms with van der Waals surface area (Å²) in [5.41, 5.74) is 4.92. The SMILES string of the molecule is COc1cc(C)c(C)cc1C(C#N)=C(C)C. The molecular formula is C14H17NO. The van der Waals surface area contributed by atoms with Crippen LogP contribution in [0.5, 0.6) is 5.75 Å². The van der Waals surface area contributed by atoms with Crippen molar-refractivity contribution < 1.29 is 4.74 Å². The summed E-state index contributed by atoms with van der Waals surface area (Å²) in [5.74, 6) is 0.765. The first kappa shape index (κ1) is 12.3. The molecule has 0 radical (unpaired) electrons. The maximum Gasteiger partial charge on any atom is 0.127 e. The number of benzene rings is 1. The van der Waals surface area contributed by atoms with E-state index in [2.05, 4.69) is 6.07 Å². The number of ether oxygens (including phenoxy) is 1. The molecule has 0 bridgehead atoms. The highest BCUT2D eigenvalue weighted by atomic mass is 16.5. The van der Waals surface area contributed by atoms with E-state index in [9.17, 15) is 0 Å². The monoisotopic (exact) mass is 215 g/mol. The summed E-state index contributed by atoms with van der Waals surface area (Å²) in [6.07, 6.45) is 0. The fraction of sp³-hybridized carbons (Fsp3) is 0.357. The summed E-state index contributed by atoms with van der Waals surface area (Å²) in [7, 11) is 1.63. The van der Waals surface area contributed by atoms with Crippen LogP contribution in [0.2, 0.25) is 0 Å². The Morgan fingerprint density at radius 1 is 1.19 bits per heavy atom. The van der Waals surface area contributed by atoms with Gasteiger partial charge in [-0.05, 0) is 51.0 Å². The van der Waals surface area contributed by atoms with Crippen LogP contribution in [0.4, 0.5) is 0 Å². The number of hydrogen-bond donors (Lipinski definition) is 0. The van der Waals surface area contributed by atoms with Crippen molar-refractivity contribution in [1.82, 2.24) is 0 Å². The number of rotatable bonds is 2. The lowest BCUT2D eigenvalue weighted by Gasteiger charge is -2.12. The van der Waals surface area contributed by atoms with Crippen LogP contribution in [0.15, 0.2) is 17.7 Å². The first-order valence-electron chi connectivity index (χ1n) is 5.24. The van der Waals surface area contributed by atoms with Crippen LogP contribution >= 0.6 is 0 Å². The van der Waals surface area contributed by atoms with Gasteiger partial charge < -0.3 is 4.74 Å². The molecule has 0 aliphatic rings. The van der Waals surface area contributed by atoms with Gasteiger partial charge in [0.25, 0.3) is 0 Å². The largest absolute Gasteiger partial charge is 0.496 e. The van der Waals surface area contributed by atoms with Crippen molar-refractivity contribution in [3.05, 3.63) is 34.4 Å². The molecule has 0 saturated heterocycles. The summed E-state index contributed by atoms with van der Waals surface area (Å²) in [5, 5.41) is 9.17. The molecule has 0 saturated carbocycles. The second-order valence-electron chi connectivity index (χ2n) is 4.12. The van der Waals surface area contributed by atoms with Gasteiger partial charge in [0, 0.05) is 5.56 Å². The minimum absolute atomic E-state index is 0.694. The molecule has 1 aromatic carbocycles. The number of nitrogens with zero attached hydrogens (tertiary/aromatic N) is 1. The molecular weight excluding hydrogens is 198 g/mol. The Labute approximate surface area is 97.2 Å². The lowest BCUT2D eigenvalue weighted by molar-refractivity contribution is 0.413. The van der Waals surface area contributed by atoms with Crippen molar-refractivity contribution >= 4 is 5.57 Å². The van der Waals surface area contributed by atoms with Crippen LogP contribution in [0.3, 0.4) is 0 Å². The maximum absolute atomic E-state index is 9.17. The number of nitriles is 1. The summed E-state index contributed by atoms with van der Waals surface area (Å²) >= 11 is 0. The van der Waals surface area contributed by atoms with Gasteiger partial charge >= 0.3 is 0 Å². The summed E-state index contributed by atoms with van der Waals surface area (Å²) < 4.78 is 5.33. The van der Waals surface area contributed by atoms with E-state index < -0.39 is 0 Å². The predicted octanol–water partition coefficient (Wildman–Crippen LogP) is 3.63. The number of methoxy groups -OCH3 is 1. The zero-order chi connectivity index (χ0) is 12.3. The Balaban J connectivity index is 3.51. The Bertz CT molecular complexity index is 474. The quantitative estimate of drug-likeness (QED) is 0.706. The highest BCUT2D eigenvalue weighted by Crippen LogP contribution is 2.30. The molecule has 84 valence electrons. The summed E-state index contributed by atoms with van der Waals surface area (Å²) in [4.78, 5) is 0. The normalized spacial score (nSPS) is 9.50. The molecule has 2 heteroatoms. The van der Waals surface area contributed by atoms with Gasteiger partial charge in [0.05, 0.1) is 18.8 Å². The summed E-state index contributed by atoms with van der Waals surface area (Å²) in [6.45, 7) is 7.95. The Morgan fingerprint density at radius 2 is 1.75 bits per heavy atom. The zero-order valence-corrected chi connectivity index (χ0v) is 10.5. The molecule has 0 fully saturated rings. The molecule has 0 aromatic heterocycles. The standard InChI is InChI=1S/C14H17NO/c1-9(2)13(8-15)12-6-10(3)11(4)7-14(12)16-5/h6-7H,1-5H3. The molecule has 1 aromatic rings. The minimum atomic E-state index is 0.694. The van der Waals surface area contributed by atoms with Gasteiger partial charge in [-0.1, -0.05) is 5.57 Å². The topological polar surface area (TPSA) is 33.0 Å². The van der Waals surface area contributed by atoms with Gasteiger partial charge in [0.15, 0.2) is 0 Å². The molecule has 0 aliphatic carbocycles. The molecule has 2 nitrogen and oxygen atoms in total. The van der Waals surface area contributed by atoms with Crippen molar-refractivity contribution in [2.75, 3.05) is 7.11 Å². The van der Waals surface area contributed by atoms with E-state index in [0.29, 0.717) is 5.57 Å². The first-order valence-corrected chi connectivity index (χ1v) is 5.24. The molecule has 0 N–H and O–H groups in total. The third kappa shape index (κ3) is 2.25. The van der Waals surface area contributed by atoms with Crippen LogP contribution < -0.4 is 4.74 Å². The van der Waals surface area contributed by atoms with Crippen LogP contribution in [-0.4, -0.2) is 7.11 Å². The number of aryl methyl sites for hydroxylation is 2. The van der Waals surface area contributed by atoms with E-state index in [4.69, 9.17) is 10.00 Å². The molecule has 0 atom stereocenters. The second kappa shape index (κ2) is 4.85. The summed E-state index contributed by atoms with van der Waals surface area (Å²) in [6, 6.07) is 6.23. The zero-order valence-electron chi connectivity index (χ0n) is 10.5. The average Bonchev–Trinajstić information content (AvgIpc) is 2.23. The maximum atomic E-state index is 9.17. The van der Waals surface area contributed by atoms with Gasteiger partial charge in [-0.25, -0.2) is 0 Å². The second-order valence-corrected chi connectivity index (χ2v) is 4.12. The molecule has 0 spiro atoms. The highest BCUT2D eigenvalue weighted by molar-refractivity contribution is 5.82. The van der Waals surface area contributed by atoms with Crippen LogP contribution in [-0.2, 0) is 0 Å². The molecule has 0 heterocycles. The van der Waals surface area contributed by atoms with Gasteiger partial charge in [0.2, 0.25) is 0 Å². The van der Waals surface area contributed by atoms with Crippen LogP contribution in [0.1, 0.15) is 30.5 Å². The fourth-order valence-corrected chi connectivity index (χ4v) is 1.60. The first-order chi connectivity index (χ1) is 7.51. The van der Waals surface area contributed by atoms with E-state index >= 15 is 0 Å². The molecule has 0 unspecified atom stereocenters. The number of allylic oxidation sites excluding steroid dienone is 2. The van der Waals surface area contributed by atoms with Crippen molar-refractivity contribution in [1.29, 1.82) is 5.26 Å². The Kier molecular flexibility index (Phi) is 3.73. The third-order valence-corrected chi connectivity index (χ3v) is 2.70. The third-order valence-electron chi connectivity index (χ3n) is 2.70. The Hall–Kier alpha value is -1.75. The van der Waals surface area contributed by atoms with Crippen molar-refractivity contribution in [2.45, 2.75) is 27.7 Å². The van der Waals surface area contributed by atoms with Crippen molar-refractivity contribution in [2.24, 2.45) is 0 Å². The van der Waals surface area contributed by atoms with E-state index in [-0.39, 0.29) is 0 Å². The minimum Gasteiger partial charge on any atom is -0.496 e. The number of hydrogen-bond acceptors (Lipinski definition) is 2. The van der Waals surface area contributed by atoms with E-state index in [1.807, 2.05) is 39.8 Å². The lowest BCUT2D eigenvalue weighted by atomic mass is 9.97. The van der Waals surface area contributed by atoms with Crippen molar-refractivity contribution in [3.63, 3.8) is 0 Å². The molecule has 16 heavy (non-hydrogen) atoms. The molecule has 1 rings (SSSR count). The molecule has 0 amide bonds. The predicted molar refractivity (Wildman–Crippen MR) is 66.3 cm³/mol. The van der Waals surface area contributed by atoms with Gasteiger partial charge in [-0.3, -0.25) is 0 Å². The van der Waals surface area contributed by atoms with Gasteiger partial charge in [0.1, 0.15) is 5.75 Å². The average molecular weight is 215 g/mol. The van der Waals surface area contributed by atoms with Gasteiger partial charge in [-0.2, -0.15) is 5.26 Å². The van der Waals surface area contributed by atoms with Crippen LogP contribution in [0.25, 0.3) is 5.57 Å². The Morgan fingerprint density at radius 3 is 2.19 bits per heavy atom. The van der Waals surface area contributed by atoms with Gasteiger partial charge in [-0.15, -0.1) is 0 Å². The fourth-order valence-electron chi connectivity index (χ4n) is 1.60. The lowest BCUT2D eigenvalue weighted by Crippen LogP contribution is -1.95. The molecule has 0 aliphatic heterocycles. The van der Waals surface area contributed by atoms with Crippen LogP contribution in [0, 0.1) is 25.2 Å². The smallest absolute Gasteiger partial charge is 0.127 e. The van der Waals surface area contributed by atoms with E-state index in [1.54, 1.807) is 7.11 Å². The van der Waals surface area contributed by atoms with Crippen molar-refractivity contribution in [3.8, 4) is 11.8 Å².